The molecule has 1 saturated heterocycles. The topological polar surface area (TPSA) is 96.6 Å². The van der Waals surface area contributed by atoms with Gasteiger partial charge in [0.25, 0.3) is 5.22 Å². The van der Waals surface area contributed by atoms with Gasteiger partial charge in [-0.1, -0.05) is 24.6 Å². The van der Waals surface area contributed by atoms with Crippen molar-refractivity contribution in [2.75, 3.05) is 35.2 Å². The average molecular weight is 493 g/mol. The lowest BCUT2D eigenvalue weighted by Gasteiger charge is -2.34. The third-order valence-corrected chi connectivity index (χ3v) is 9.13. The van der Waals surface area contributed by atoms with E-state index in [9.17, 15) is 13.2 Å². The third-order valence-electron chi connectivity index (χ3n) is 6.58. The van der Waals surface area contributed by atoms with Crippen LogP contribution in [0.1, 0.15) is 46.0 Å². The Kier molecular flexibility index (Phi) is 7.63. The standard InChI is InChI=1S/C23H32N4O4S2/c1-3-26(4-2)18-11-9-17(10-12-18)22-24-25-23(31-22)32-15-21(28)27(19-7-5-6-8-19)20-13-14-33(29,30)16-20/h9-12,19-20H,3-8,13-16H2,1-2H3. The van der Waals surface area contributed by atoms with Crippen LogP contribution in [0.3, 0.4) is 0 Å². The highest BCUT2D eigenvalue weighted by atomic mass is 32.2. The van der Waals surface area contributed by atoms with Crippen molar-refractivity contribution >= 4 is 33.2 Å². The second-order valence-electron chi connectivity index (χ2n) is 8.68. The summed E-state index contributed by atoms with van der Waals surface area (Å²) in [4.78, 5) is 17.3. The molecule has 1 aromatic carbocycles. The van der Waals surface area contributed by atoms with Crippen molar-refractivity contribution in [2.45, 2.75) is 63.3 Å². The van der Waals surface area contributed by atoms with Gasteiger partial charge < -0.3 is 14.2 Å². The van der Waals surface area contributed by atoms with Gasteiger partial charge >= 0.3 is 0 Å². The molecule has 4 rings (SSSR count). The summed E-state index contributed by atoms with van der Waals surface area (Å²) >= 11 is 1.22. The first-order valence-corrected chi connectivity index (χ1v) is 14.5. The number of sulfone groups is 1. The van der Waals surface area contributed by atoms with Crippen LogP contribution < -0.4 is 4.90 Å². The molecular weight excluding hydrogens is 460 g/mol. The molecule has 2 aromatic rings. The molecule has 2 fully saturated rings. The molecule has 180 valence electrons. The highest BCUT2D eigenvalue weighted by molar-refractivity contribution is 7.99. The molecule has 0 bridgehead atoms. The van der Waals surface area contributed by atoms with Gasteiger partial charge in [0.05, 0.1) is 17.3 Å². The molecule has 1 unspecified atom stereocenters. The first kappa shape index (κ1) is 24.1. The van der Waals surface area contributed by atoms with Gasteiger partial charge in [-0.2, -0.15) is 0 Å². The summed E-state index contributed by atoms with van der Waals surface area (Å²) in [5, 5.41) is 8.59. The van der Waals surface area contributed by atoms with Gasteiger partial charge in [0.15, 0.2) is 9.84 Å². The van der Waals surface area contributed by atoms with E-state index in [-0.39, 0.29) is 35.2 Å². The van der Waals surface area contributed by atoms with Crippen LogP contribution >= 0.6 is 11.8 Å². The number of carbonyl (C=O) groups excluding carboxylic acids is 1. The Balaban J connectivity index is 1.40. The largest absolute Gasteiger partial charge is 0.411 e. The molecule has 1 atom stereocenters. The van der Waals surface area contributed by atoms with Crippen LogP contribution in [-0.4, -0.2) is 71.9 Å². The fourth-order valence-electron chi connectivity index (χ4n) is 4.87. The van der Waals surface area contributed by atoms with Crippen molar-refractivity contribution in [2.24, 2.45) is 0 Å². The Hall–Kier alpha value is -2.07. The zero-order valence-corrected chi connectivity index (χ0v) is 20.9. The maximum Gasteiger partial charge on any atom is 0.277 e. The molecule has 8 nitrogen and oxygen atoms in total. The van der Waals surface area contributed by atoms with Crippen LogP contribution in [0.2, 0.25) is 0 Å². The number of rotatable bonds is 9. The Morgan fingerprint density at radius 3 is 2.36 bits per heavy atom. The molecule has 1 amide bonds. The van der Waals surface area contributed by atoms with Gasteiger partial charge in [-0.15, -0.1) is 10.2 Å². The molecule has 33 heavy (non-hydrogen) atoms. The molecule has 0 N–H and O–H groups in total. The minimum Gasteiger partial charge on any atom is -0.411 e. The Bertz CT molecular complexity index is 1040. The molecule has 1 aliphatic heterocycles. The minimum atomic E-state index is -3.05. The van der Waals surface area contributed by atoms with E-state index in [1.807, 2.05) is 29.2 Å². The third kappa shape index (κ3) is 5.71. The first-order chi connectivity index (χ1) is 15.9. The predicted octanol–water partition coefficient (Wildman–Crippen LogP) is 3.63. The van der Waals surface area contributed by atoms with Crippen LogP contribution in [0.15, 0.2) is 33.9 Å². The normalized spacial score (nSPS) is 20.2. The van der Waals surface area contributed by atoms with E-state index in [4.69, 9.17) is 4.42 Å². The second kappa shape index (κ2) is 10.5. The summed E-state index contributed by atoms with van der Waals surface area (Å²) in [6, 6.07) is 7.93. The molecule has 0 spiro atoms. The first-order valence-electron chi connectivity index (χ1n) is 11.7. The van der Waals surface area contributed by atoms with Gasteiger partial charge in [-0.3, -0.25) is 4.79 Å². The summed E-state index contributed by atoms with van der Waals surface area (Å²) in [5.41, 5.74) is 1.98. The highest BCUT2D eigenvalue weighted by Gasteiger charge is 2.39. The number of hydrogen-bond donors (Lipinski definition) is 0. The quantitative estimate of drug-likeness (QED) is 0.490. The summed E-state index contributed by atoms with van der Waals surface area (Å²) < 4.78 is 29.8. The van der Waals surface area contributed by atoms with Crippen LogP contribution in [-0.2, 0) is 14.6 Å². The van der Waals surface area contributed by atoms with E-state index >= 15 is 0 Å². The Morgan fingerprint density at radius 1 is 1.06 bits per heavy atom. The van der Waals surface area contributed by atoms with Crippen LogP contribution in [0.25, 0.3) is 11.5 Å². The zero-order valence-electron chi connectivity index (χ0n) is 19.3. The van der Waals surface area contributed by atoms with E-state index in [1.54, 1.807) is 0 Å². The number of nitrogens with zero attached hydrogens (tertiary/aromatic N) is 4. The highest BCUT2D eigenvalue weighted by Crippen LogP contribution is 2.31. The number of carbonyl (C=O) groups is 1. The summed E-state index contributed by atoms with van der Waals surface area (Å²) in [6.45, 7) is 6.13. The monoisotopic (exact) mass is 492 g/mol. The number of hydrogen-bond acceptors (Lipinski definition) is 8. The zero-order chi connectivity index (χ0) is 23.4. The van der Waals surface area contributed by atoms with Crippen molar-refractivity contribution in [1.29, 1.82) is 0 Å². The predicted molar refractivity (Wildman–Crippen MR) is 130 cm³/mol. The fourth-order valence-corrected chi connectivity index (χ4v) is 7.21. The van der Waals surface area contributed by atoms with Gasteiger partial charge in [-0.05, 0) is 57.4 Å². The van der Waals surface area contributed by atoms with Gasteiger partial charge in [0.2, 0.25) is 11.8 Å². The van der Waals surface area contributed by atoms with Gasteiger partial charge in [0, 0.05) is 36.4 Å². The smallest absolute Gasteiger partial charge is 0.277 e. The minimum absolute atomic E-state index is 0.0441. The maximum absolute atomic E-state index is 13.2. The summed E-state index contributed by atoms with van der Waals surface area (Å²) in [6.07, 6.45) is 4.59. The summed E-state index contributed by atoms with van der Waals surface area (Å²) in [5.74, 6) is 0.785. The molecule has 0 radical (unpaired) electrons. The van der Waals surface area contributed by atoms with E-state index in [0.29, 0.717) is 17.5 Å². The summed E-state index contributed by atoms with van der Waals surface area (Å²) in [7, 11) is -3.05. The second-order valence-corrected chi connectivity index (χ2v) is 11.8. The molecule has 10 heteroatoms. The lowest BCUT2D eigenvalue weighted by molar-refractivity contribution is -0.132. The molecular formula is C23H32N4O4S2. The average Bonchev–Trinajstić information content (AvgIpc) is 3.56. The SMILES string of the molecule is CCN(CC)c1ccc(-c2nnc(SCC(=O)N(C3CCCC3)C3CCS(=O)(=O)C3)o2)cc1. The van der Waals surface area contributed by atoms with Crippen LogP contribution in [0.5, 0.6) is 0 Å². The van der Waals surface area contributed by atoms with E-state index < -0.39 is 9.84 Å². The number of benzene rings is 1. The fraction of sp³-hybridized carbons (Fsp3) is 0.609. The van der Waals surface area contributed by atoms with E-state index in [2.05, 4.69) is 28.9 Å². The van der Waals surface area contributed by atoms with Gasteiger partial charge in [-0.25, -0.2) is 8.42 Å². The lowest BCUT2D eigenvalue weighted by Crippen LogP contribution is -2.47. The molecule has 2 heterocycles. The molecule has 1 saturated carbocycles. The van der Waals surface area contributed by atoms with Crippen LogP contribution in [0, 0.1) is 0 Å². The molecule has 2 aliphatic rings. The van der Waals surface area contributed by atoms with Crippen molar-refractivity contribution in [3.05, 3.63) is 24.3 Å². The lowest BCUT2D eigenvalue weighted by atomic mass is 10.1. The Morgan fingerprint density at radius 2 is 1.76 bits per heavy atom. The van der Waals surface area contributed by atoms with Crippen LogP contribution in [0.4, 0.5) is 5.69 Å². The number of thioether (sulfide) groups is 1. The number of anilines is 1. The molecule has 1 aromatic heterocycles. The maximum atomic E-state index is 13.2. The molecule has 1 aliphatic carbocycles. The van der Waals surface area contributed by atoms with E-state index in [1.165, 1.54) is 11.8 Å². The van der Waals surface area contributed by atoms with Crippen molar-refractivity contribution in [3.63, 3.8) is 0 Å². The number of amides is 1. The number of aromatic nitrogens is 2. The van der Waals surface area contributed by atoms with E-state index in [0.717, 1.165) is 50.0 Å². The van der Waals surface area contributed by atoms with Crippen molar-refractivity contribution in [1.82, 2.24) is 15.1 Å². The van der Waals surface area contributed by atoms with Crippen molar-refractivity contribution < 1.29 is 17.6 Å². The Labute approximate surface area is 200 Å². The van der Waals surface area contributed by atoms with Gasteiger partial charge in [0.1, 0.15) is 0 Å². The van der Waals surface area contributed by atoms with Crippen molar-refractivity contribution in [3.8, 4) is 11.5 Å².